The van der Waals surface area contributed by atoms with Gasteiger partial charge in [-0.3, -0.25) is 0 Å². The van der Waals surface area contributed by atoms with E-state index in [1.54, 1.807) is 7.11 Å². The Morgan fingerprint density at radius 3 is 3.00 bits per heavy atom. The maximum absolute atomic E-state index is 6.28. The molecule has 17 heavy (non-hydrogen) atoms. The second-order valence-electron chi connectivity index (χ2n) is 4.55. The fraction of sp³-hybridized carbons (Fsp3) is 0.538. The van der Waals surface area contributed by atoms with Crippen molar-refractivity contribution in [2.45, 2.75) is 13.0 Å². The Bertz CT molecular complexity index is 384. The molecule has 1 aliphatic heterocycles. The van der Waals surface area contributed by atoms with E-state index in [1.807, 2.05) is 12.1 Å². The van der Waals surface area contributed by atoms with Crippen molar-refractivity contribution in [1.29, 1.82) is 0 Å². The zero-order valence-corrected chi connectivity index (χ0v) is 10.9. The molecular weight excluding hydrogens is 236 g/mol. The van der Waals surface area contributed by atoms with Gasteiger partial charge in [-0.25, -0.2) is 0 Å². The van der Waals surface area contributed by atoms with Crippen molar-refractivity contribution >= 4 is 17.3 Å². The molecule has 2 rings (SSSR count). The number of anilines is 1. The minimum atomic E-state index is 0.534. The lowest BCUT2D eigenvalue weighted by molar-refractivity contribution is 0.161. The maximum Gasteiger partial charge on any atom is 0.0642 e. The second-order valence-corrected chi connectivity index (χ2v) is 4.95. The quantitative estimate of drug-likeness (QED) is 0.896. The molecule has 1 saturated heterocycles. The highest BCUT2D eigenvalue weighted by molar-refractivity contribution is 6.33. The molecule has 0 amide bonds. The SMILES string of the molecule is COCC1CCN(c2ccc(CN)cc2Cl)C1. The standard InChI is InChI=1S/C13H19ClN2O/c1-17-9-11-4-5-16(8-11)13-3-2-10(7-15)6-12(13)14/h2-3,6,11H,4-5,7-9,15H2,1H3. The van der Waals surface area contributed by atoms with Gasteiger partial charge >= 0.3 is 0 Å². The second kappa shape index (κ2) is 5.71. The Labute approximate surface area is 107 Å². The van der Waals surface area contributed by atoms with Crippen LogP contribution in [0.4, 0.5) is 5.69 Å². The fourth-order valence-corrected chi connectivity index (χ4v) is 2.68. The van der Waals surface area contributed by atoms with Crippen molar-refractivity contribution in [3.8, 4) is 0 Å². The average molecular weight is 255 g/mol. The van der Waals surface area contributed by atoms with Crippen molar-refractivity contribution in [2.75, 3.05) is 31.7 Å². The molecule has 0 saturated carbocycles. The van der Waals surface area contributed by atoms with Crippen molar-refractivity contribution < 1.29 is 4.74 Å². The van der Waals surface area contributed by atoms with E-state index in [1.165, 1.54) is 6.42 Å². The number of rotatable bonds is 4. The molecule has 0 aromatic heterocycles. The lowest BCUT2D eigenvalue weighted by Crippen LogP contribution is -2.21. The molecule has 2 N–H and O–H groups in total. The van der Waals surface area contributed by atoms with E-state index in [-0.39, 0.29) is 0 Å². The van der Waals surface area contributed by atoms with E-state index in [9.17, 15) is 0 Å². The highest BCUT2D eigenvalue weighted by Crippen LogP contribution is 2.31. The van der Waals surface area contributed by atoms with Crippen LogP contribution in [0.3, 0.4) is 0 Å². The number of hydrogen-bond donors (Lipinski definition) is 1. The van der Waals surface area contributed by atoms with Crippen LogP contribution in [-0.2, 0) is 11.3 Å². The van der Waals surface area contributed by atoms with Gasteiger partial charge in [-0.2, -0.15) is 0 Å². The summed E-state index contributed by atoms with van der Waals surface area (Å²) >= 11 is 6.28. The summed E-state index contributed by atoms with van der Waals surface area (Å²) in [6.07, 6.45) is 1.17. The zero-order valence-electron chi connectivity index (χ0n) is 10.2. The molecule has 0 radical (unpaired) electrons. The van der Waals surface area contributed by atoms with Gasteiger partial charge in [0.2, 0.25) is 0 Å². The first kappa shape index (κ1) is 12.7. The fourth-order valence-electron chi connectivity index (χ4n) is 2.36. The summed E-state index contributed by atoms with van der Waals surface area (Å²) < 4.78 is 5.20. The van der Waals surface area contributed by atoms with Crippen LogP contribution < -0.4 is 10.6 Å². The minimum absolute atomic E-state index is 0.534. The zero-order chi connectivity index (χ0) is 12.3. The van der Waals surface area contributed by atoms with Crippen LogP contribution in [0.1, 0.15) is 12.0 Å². The number of methoxy groups -OCH3 is 1. The summed E-state index contributed by atoms with van der Waals surface area (Å²) in [5, 5.41) is 0.797. The molecule has 0 aliphatic carbocycles. The van der Waals surface area contributed by atoms with Gasteiger partial charge in [0, 0.05) is 32.7 Å². The molecule has 94 valence electrons. The van der Waals surface area contributed by atoms with Crippen LogP contribution in [0, 0.1) is 5.92 Å². The van der Waals surface area contributed by atoms with Crippen molar-refractivity contribution in [3.05, 3.63) is 28.8 Å². The Morgan fingerprint density at radius 1 is 1.53 bits per heavy atom. The van der Waals surface area contributed by atoms with Crippen LogP contribution in [0.2, 0.25) is 5.02 Å². The van der Waals surface area contributed by atoms with Crippen molar-refractivity contribution in [3.63, 3.8) is 0 Å². The Morgan fingerprint density at radius 2 is 2.35 bits per heavy atom. The lowest BCUT2D eigenvalue weighted by Gasteiger charge is -2.20. The van der Waals surface area contributed by atoms with Gasteiger partial charge in [0.25, 0.3) is 0 Å². The monoisotopic (exact) mass is 254 g/mol. The summed E-state index contributed by atoms with van der Waals surface area (Å²) in [5.74, 6) is 0.616. The van der Waals surface area contributed by atoms with Gasteiger partial charge < -0.3 is 15.4 Å². The van der Waals surface area contributed by atoms with E-state index >= 15 is 0 Å². The smallest absolute Gasteiger partial charge is 0.0642 e. The Balaban J connectivity index is 2.08. The molecule has 0 bridgehead atoms. The molecule has 1 aromatic carbocycles. The number of benzene rings is 1. The molecular formula is C13H19ClN2O. The first-order valence-electron chi connectivity index (χ1n) is 5.97. The summed E-state index contributed by atoms with van der Waals surface area (Å²) in [5.41, 5.74) is 7.78. The number of nitrogens with two attached hydrogens (primary N) is 1. The van der Waals surface area contributed by atoms with Gasteiger partial charge in [0.1, 0.15) is 0 Å². The summed E-state index contributed by atoms with van der Waals surface area (Å²) in [4.78, 5) is 2.33. The minimum Gasteiger partial charge on any atom is -0.384 e. The van der Waals surface area contributed by atoms with Gasteiger partial charge in [-0.15, -0.1) is 0 Å². The number of ether oxygens (including phenoxy) is 1. The van der Waals surface area contributed by atoms with Gasteiger partial charge in [0.15, 0.2) is 0 Å². The normalized spacial score (nSPS) is 19.9. The van der Waals surface area contributed by atoms with Gasteiger partial charge in [-0.05, 0) is 24.1 Å². The first-order valence-corrected chi connectivity index (χ1v) is 6.34. The summed E-state index contributed by atoms with van der Waals surface area (Å²) in [6.45, 7) is 3.44. The van der Waals surface area contributed by atoms with Crippen LogP contribution in [-0.4, -0.2) is 26.8 Å². The lowest BCUT2D eigenvalue weighted by atomic mass is 10.1. The van der Waals surface area contributed by atoms with Crippen LogP contribution in [0.5, 0.6) is 0 Å². The third-order valence-electron chi connectivity index (χ3n) is 3.28. The predicted molar refractivity (Wildman–Crippen MR) is 71.5 cm³/mol. The third-order valence-corrected chi connectivity index (χ3v) is 3.58. The molecule has 1 aliphatic rings. The largest absolute Gasteiger partial charge is 0.384 e. The molecule has 1 unspecified atom stereocenters. The Hall–Kier alpha value is -0.770. The average Bonchev–Trinajstić information content (AvgIpc) is 2.78. The van der Waals surface area contributed by atoms with E-state index in [4.69, 9.17) is 22.1 Å². The molecule has 1 fully saturated rings. The number of hydrogen-bond acceptors (Lipinski definition) is 3. The molecule has 1 heterocycles. The molecule has 1 aromatic rings. The molecule has 4 heteroatoms. The van der Waals surface area contributed by atoms with E-state index < -0.39 is 0 Å². The molecule has 3 nitrogen and oxygen atoms in total. The third kappa shape index (κ3) is 2.92. The predicted octanol–water partition coefficient (Wildman–Crippen LogP) is 2.27. The highest BCUT2D eigenvalue weighted by Gasteiger charge is 2.23. The van der Waals surface area contributed by atoms with Crippen LogP contribution in [0.25, 0.3) is 0 Å². The summed E-state index contributed by atoms with van der Waals surface area (Å²) in [7, 11) is 1.76. The van der Waals surface area contributed by atoms with E-state index in [2.05, 4.69) is 11.0 Å². The van der Waals surface area contributed by atoms with Crippen LogP contribution >= 0.6 is 11.6 Å². The number of nitrogens with zero attached hydrogens (tertiary/aromatic N) is 1. The topological polar surface area (TPSA) is 38.5 Å². The van der Waals surface area contributed by atoms with Gasteiger partial charge in [-0.1, -0.05) is 17.7 Å². The van der Waals surface area contributed by atoms with Crippen molar-refractivity contribution in [1.82, 2.24) is 0 Å². The Kier molecular flexibility index (Phi) is 4.26. The highest BCUT2D eigenvalue weighted by atomic mass is 35.5. The van der Waals surface area contributed by atoms with Crippen molar-refractivity contribution in [2.24, 2.45) is 11.7 Å². The molecule has 0 spiro atoms. The van der Waals surface area contributed by atoms with E-state index in [0.717, 1.165) is 36.0 Å². The van der Waals surface area contributed by atoms with Gasteiger partial charge in [0.05, 0.1) is 17.3 Å². The first-order chi connectivity index (χ1) is 8.24. The molecule has 1 atom stereocenters. The van der Waals surface area contributed by atoms with E-state index in [0.29, 0.717) is 12.5 Å². The maximum atomic E-state index is 6.28. The van der Waals surface area contributed by atoms with Crippen LogP contribution in [0.15, 0.2) is 18.2 Å². The number of halogens is 1. The summed E-state index contributed by atoms with van der Waals surface area (Å²) in [6, 6.07) is 6.07.